The fourth-order valence-electron chi connectivity index (χ4n) is 10.5. The lowest BCUT2D eigenvalue weighted by molar-refractivity contribution is -0.118. The number of nitrogens with one attached hydrogen (secondary N) is 3. The molecule has 0 radical (unpaired) electrons. The lowest BCUT2D eigenvalue weighted by Crippen LogP contribution is -2.45. The molecule has 282 valence electrons. The van der Waals surface area contributed by atoms with Crippen LogP contribution in [0.5, 0.6) is 0 Å². The van der Waals surface area contributed by atoms with Crippen molar-refractivity contribution in [3.05, 3.63) is 82.4 Å². The van der Waals surface area contributed by atoms with E-state index in [9.17, 15) is 14.4 Å². The summed E-state index contributed by atoms with van der Waals surface area (Å²) in [6.07, 6.45) is 9.55. The average Bonchev–Trinajstić information content (AvgIpc) is 3.70. The summed E-state index contributed by atoms with van der Waals surface area (Å²) in [5, 5.41) is 8.75. The lowest BCUT2D eigenvalue weighted by atomic mass is 9.51. The number of carbonyl (C=O) groups is 3. The van der Waals surface area contributed by atoms with Crippen molar-refractivity contribution in [2.75, 3.05) is 28.3 Å². The number of benzene rings is 3. The Hall–Kier alpha value is -4.22. The van der Waals surface area contributed by atoms with E-state index in [2.05, 4.69) is 84.7 Å². The summed E-state index contributed by atoms with van der Waals surface area (Å²) in [4.78, 5) is 42.8. The zero-order valence-electron chi connectivity index (χ0n) is 32.4. The third-order valence-corrected chi connectivity index (χ3v) is 15.2. The van der Waals surface area contributed by atoms with Gasteiger partial charge in [0.2, 0.25) is 11.8 Å². The van der Waals surface area contributed by atoms with E-state index in [1.807, 2.05) is 31.3 Å². The van der Waals surface area contributed by atoms with Crippen molar-refractivity contribution in [2.24, 2.45) is 22.7 Å². The highest BCUT2D eigenvalue weighted by Gasteiger charge is 2.59. The van der Waals surface area contributed by atoms with Crippen molar-refractivity contribution in [2.45, 2.75) is 115 Å². The molecule has 6 unspecified atom stereocenters. The molecule has 8 heteroatoms. The molecule has 8 rings (SSSR count). The van der Waals surface area contributed by atoms with Crippen molar-refractivity contribution in [3.8, 4) is 11.8 Å². The van der Waals surface area contributed by atoms with E-state index in [-0.39, 0.29) is 47.4 Å². The highest BCUT2D eigenvalue weighted by molar-refractivity contribution is 7.99. The van der Waals surface area contributed by atoms with Gasteiger partial charge in [-0.15, -0.1) is 17.7 Å². The Morgan fingerprint density at radius 1 is 1.02 bits per heavy atom. The minimum absolute atomic E-state index is 0.00671. The molecule has 7 nitrogen and oxygen atoms in total. The van der Waals surface area contributed by atoms with Gasteiger partial charge in [-0.25, -0.2) is 0 Å². The van der Waals surface area contributed by atoms with E-state index in [4.69, 9.17) is 0 Å². The van der Waals surface area contributed by atoms with E-state index in [0.717, 1.165) is 41.8 Å². The normalized spacial score (nSPS) is 28.4. The number of nitrogens with zero attached hydrogens (tertiary/aromatic N) is 1. The number of hydrogen-bond donors (Lipinski definition) is 3. The van der Waals surface area contributed by atoms with Crippen molar-refractivity contribution in [1.82, 2.24) is 5.32 Å². The molecule has 54 heavy (non-hydrogen) atoms. The van der Waals surface area contributed by atoms with Crippen LogP contribution in [0.25, 0.3) is 0 Å². The number of hydrogen-bond acceptors (Lipinski definition) is 5. The molecule has 2 fully saturated rings. The van der Waals surface area contributed by atoms with Crippen LogP contribution in [0.2, 0.25) is 0 Å². The summed E-state index contributed by atoms with van der Waals surface area (Å²) >= 11 is 1.80. The van der Waals surface area contributed by atoms with Crippen LogP contribution in [0.4, 0.5) is 17.1 Å². The Balaban J connectivity index is 0.879. The van der Waals surface area contributed by atoms with Crippen molar-refractivity contribution >= 4 is 46.5 Å². The molecule has 3 aliphatic carbocycles. The highest BCUT2D eigenvalue weighted by Crippen LogP contribution is 2.67. The maximum atomic E-state index is 13.5. The number of fused-ring (bicyclic) bond motifs is 7. The van der Waals surface area contributed by atoms with Crippen LogP contribution in [-0.2, 0) is 22.4 Å². The van der Waals surface area contributed by atoms with Gasteiger partial charge < -0.3 is 20.9 Å². The molecule has 2 heterocycles. The zero-order valence-corrected chi connectivity index (χ0v) is 33.3. The second kappa shape index (κ2) is 14.5. The summed E-state index contributed by atoms with van der Waals surface area (Å²) in [5.41, 5.74) is 8.69. The monoisotopic (exact) mass is 742 g/mol. The number of carbonyl (C=O) groups excluding carboxylic acids is 3. The predicted octanol–water partition coefficient (Wildman–Crippen LogP) is 8.89. The first kappa shape index (κ1) is 36.7. The number of amides is 3. The summed E-state index contributed by atoms with van der Waals surface area (Å²) in [6.45, 7) is 9.37. The van der Waals surface area contributed by atoms with E-state index < -0.39 is 6.04 Å². The molecule has 7 atom stereocenters. The molecular formula is C46H54N4O3S. The number of thioether (sulfide) groups is 1. The van der Waals surface area contributed by atoms with Crippen LogP contribution < -0.4 is 20.9 Å². The molecule has 3 aromatic rings. The van der Waals surface area contributed by atoms with E-state index >= 15 is 0 Å². The van der Waals surface area contributed by atoms with Crippen LogP contribution in [0, 0.1) is 41.4 Å². The van der Waals surface area contributed by atoms with Crippen molar-refractivity contribution in [1.29, 1.82) is 0 Å². The third-order valence-electron chi connectivity index (χ3n) is 14.1. The van der Waals surface area contributed by atoms with Gasteiger partial charge in [0.15, 0.2) is 0 Å². The maximum absolute atomic E-state index is 13.5. The number of anilines is 3. The van der Waals surface area contributed by atoms with Crippen LogP contribution in [0.1, 0.15) is 111 Å². The first-order chi connectivity index (χ1) is 25.9. The summed E-state index contributed by atoms with van der Waals surface area (Å²) in [6, 6.07) is 18.1. The minimum Gasteiger partial charge on any atom is -0.371 e. The van der Waals surface area contributed by atoms with Crippen LogP contribution in [0.15, 0.2) is 59.5 Å². The average molecular weight is 743 g/mol. The minimum atomic E-state index is -0.812. The highest BCUT2D eigenvalue weighted by atomic mass is 32.2. The van der Waals surface area contributed by atoms with Gasteiger partial charge in [-0.1, -0.05) is 42.7 Å². The van der Waals surface area contributed by atoms with E-state index in [1.54, 1.807) is 29.0 Å². The molecule has 3 N–H and O–H groups in total. The Labute approximate surface area is 325 Å². The standard InChI is InChI=1S/C46H54N4O3S/c1-28-8-13-34-31(25-28)10-14-36-35(34)18-23-46(4)38(36)19-22-45(46,3)21-6-7-29(2)50(5)33-12-15-39-37(27-33)43(52)49-40(44(53)48-39)16-17-42(51)47-32-11-9-30-20-24-54-41(30)26-32/h8-9,11-13,15,25-27,29,35-36,38,40H,7,10,14,16-20,22-24H2,1-5H3,(H,47,51)(H,48,53)(H,49,52)/t29?,35?,36?,38?,40?,45?,46-/m0/s1. The first-order valence-corrected chi connectivity index (χ1v) is 21.0. The summed E-state index contributed by atoms with van der Waals surface area (Å²) in [5.74, 6) is 9.93. The first-order valence-electron chi connectivity index (χ1n) is 20.1. The van der Waals surface area contributed by atoms with Gasteiger partial charge in [0, 0.05) is 53.4 Å². The van der Waals surface area contributed by atoms with Gasteiger partial charge in [-0.3, -0.25) is 14.4 Å². The Morgan fingerprint density at radius 3 is 2.72 bits per heavy atom. The van der Waals surface area contributed by atoms with Gasteiger partial charge in [-0.2, -0.15) is 0 Å². The fourth-order valence-corrected chi connectivity index (χ4v) is 11.6. The molecular weight excluding hydrogens is 689 g/mol. The van der Waals surface area contributed by atoms with E-state index in [0.29, 0.717) is 17.2 Å². The second-order valence-electron chi connectivity index (χ2n) is 17.2. The quantitative estimate of drug-likeness (QED) is 0.211. The summed E-state index contributed by atoms with van der Waals surface area (Å²) < 4.78 is 0. The molecule has 0 aromatic heterocycles. The predicted molar refractivity (Wildman–Crippen MR) is 219 cm³/mol. The summed E-state index contributed by atoms with van der Waals surface area (Å²) in [7, 11) is 2.04. The molecule has 2 aliphatic heterocycles. The van der Waals surface area contributed by atoms with Crippen LogP contribution in [-0.4, -0.2) is 42.6 Å². The van der Waals surface area contributed by atoms with Gasteiger partial charge in [0.1, 0.15) is 6.04 Å². The Kier molecular flexibility index (Phi) is 9.83. The van der Waals surface area contributed by atoms with Gasteiger partial charge in [0.25, 0.3) is 5.91 Å². The fraction of sp³-hybridized carbons (Fsp3) is 0.500. The van der Waals surface area contributed by atoms with Gasteiger partial charge in [0.05, 0.1) is 11.3 Å². The van der Waals surface area contributed by atoms with E-state index in [1.165, 1.54) is 54.5 Å². The maximum Gasteiger partial charge on any atom is 0.254 e. The largest absolute Gasteiger partial charge is 0.371 e. The topological polar surface area (TPSA) is 90.5 Å². The van der Waals surface area contributed by atoms with Gasteiger partial charge in [-0.05, 0) is 142 Å². The Morgan fingerprint density at radius 2 is 1.87 bits per heavy atom. The Bertz CT molecular complexity index is 2070. The van der Waals surface area contributed by atoms with Crippen LogP contribution in [0.3, 0.4) is 0 Å². The molecule has 0 bridgehead atoms. The van der Waals surface area contributed by atoms with Crippen LogP contribution >= 0.6 is 11.8 Å². The van der Waals surface area contributed by atoms with Crippen molar-refractivity contribution < 1.29 is 14.4 Å². The molecule has 2 saturated carbocycles. The second-order valence-corrected chi connectivity index (χ2v) is 18.3. The third kappa shape index (κ3) is 6.72. The molecule has 5 aliphatic rings. The molecule has 0 saturated heterocycles. The number of rotatable bonds is 7. The lowest BCUT2D eigenvalue weighted by Gasteiger charge is -2.53. The molecule has 3 aromatic carbocycles. The SMILES string of the molecule is Cc1ccc2c(c1)CCC1C2CC[C@@]2(C)C1CCC2(C)C#CCC(C)N(C)c1ccc2c(c1)C(=O)NC(CCC(=O)Nc1ccc3c(c1)SCC3)C(=O)N2. The smallest absolute Gasteiger partial charge is 0.254 e. The number of aryl methyl sites for hydroxylation is 3. The van der Waals surface area contributed by atoms with Gasteiger partial charge >= 0.3 is 0 Å². The molecule has 3 amide bonds. The zero-order chi connectivity index (χ0) is 37.8. The molecule has 0 spiro atoms. The van der Waals surface area contributed by atoms with Crippen molar-refractivity contribution in [3.63, 3.8) is 0 Å².